The van der Waals surface area contributed by atoms with Gasteiger partial charge in [-0.05, 0) is 12.8 Å². The Hall–Kier alpha value is -1.08. The van der Waals surface area contributed by atoms with Crippen LogP contribution in [0.25, 0.3) is 0 Å². The van der Waals surface area contributed by atoms with Crippen molar-refractivity contribution in [1.29, 1.82) is 5.26 Å². The van der Waals surface area contributed by atoms with Gasteiger partial charge < -0.3 is 4.84 Å². The number of hydrogen-bond donors (Lipinski definition) is 1. The van der Waals surface area contributed by atoms with Crippen molar-refractivity contribution in [3.63, 3.8) is 0 Å². The molecule has 0 saturated heterocycles. The molecular formula is C8H14N2O2. The number of carbonyl (C=O) groups is 1. The van der Waals surface area contributed by atoms with Crippen molar-refractivity contribution >= 4 is 5.97 Å². The maximum Gasteiger partial charge on any atom is 0.321 e. The van der Waals surface area contributed by atoms with Gasteiger partial charge in [-0.3, -0.25) is 4.79 Å². The lowest BCUT2D eigenvalue weighted by Gasteiger charge is -2.22. The summed E-state index contributed by atoms with van der Waals surface area (Å²) in [6, 6.07) is 2.08. The van der Waals surface area contributed by atoms with Crippen LogP contribution in [0.1, 0.15) is 33.6 Å². The van der Waals surface area contributed by atoms with Gasteiger partial charge in [0.05, 0.1) is 6.07 Å². The zero-order valence-corrected chi connectivity index (χ0v) is 7.68. The summed E-state index contributed by atoms with van der Waals surface area (Å²) in [5.41, 5.74) is 1.74. The van der Waals surface area contributed by atoms with Gasteiger partial charge in [-0.1, -0.05) is 13.8 Å². The van der Waals surface area contributed by atoms with Crippen LogP contribution in [0.4, 0.5) is 0 Å². The fraction of sp³-hybridized carbons (Fsp3) is 0.750. The number of nitrogens with one attached hydrogen (secondary N) is 1. The summed E-state index contributed by atoms with van der Waals surface area (Å²) >= 11 is 0. The lowest BCUT2D eigenvalue weighted by atomic mass is 9.96. The summed E-state index contributed by atoms with van der Waals surface area (Å²) < 4.78 is 0. The third-order valence-electron chi connectivity index (χ3n) is 1.81. The molecule has 0 amide bonds. The van der Waals surface area contributed by atoms with Gasteiger partial charge in [-0.2, -0.15) is 5.26 Å². The summed E-state index contributed by atoms with van der Waals surface area (Å²) in [5.74, 6) is -0.434. The molecule has 0 radical (unpaired) electrons. The van der Waals surface area contributed by atoms with Gasteiger partial charge in [0.15, 0.2) is 0 Å². The van der Waals surface area contributed by atoms with Gasteiger partial charge in [-0.15, -0.1) is 5.48 Å². The molecule has 0 aromatic heterocycles. The highest BCUT2D eigenvalue weighted by molar-refractivity contribution is 5.65. The monoisotopic (exact) mass is 170 g/mol. The Balaban J connectivity index is 4.14. The van der Waals surface area contributed by atoms with Crippen LogP contribution >= 0.6 is 0 Å². The van der Waals surface area contributed by atoms with Crippen LogP contribution in [0.15, 0.2) is 0 Å². The SMILES string of the molecule is CCC(C#N)(CC)NOC(C)=O. The second kappa shape index (κ2) is 4.73. The molecule has 4 heteroatoms. The lowest BCUT2D eigenvalue weighted by molar-refractivity contribution is -0.152. The number of nitriles is 1. The summed E-state index contributed by atoms with van der Waals surface area (Å²) in [4.78, 5) is 15.0. The predicted molar refractivity (Wildman–Crippen MR) is 43.8 cm³/mol. The molecule has 0 aromatic carbocycles. The van der Waals surface area contributed by atoms with Crippen molar-refractivity contribution in [2.75, 3.05) is 0 Å². The van der Waals surface area contributed by atoms with E-state index in [1.165, 1.54) is 6.92 Å². The first kappa shape index (κ1) is 10.9. The molecule has 0 aliphatic heterocycles. The first-order valence-corrected chi connectivity index (χ1v) is 3.96. The van der Waals surface area contributed by atoms with Gasteiger partial charge in [0.2, 0.25) is 0 Å². The average Bonchev–Trinajstić information content (AvgIpc) is 2.08. The Kier molecular flexibility index (Phi) is 4.30. The maximum absolute atomic E-state index is 10.4. The summed E-state index contributed by atoms with van der Waals surface area (Å²) in [7, 11) is 0. The van der Waals surface area contributed by atoms with Crippen LogP contribution in [0, 0.1) is 11.3 Å². The topological polar surface area (TPSA) is 62.1 Å². The van der Waals surface area contributed by atoms with Crippen molar-refractivity contribution in [3.05, 3.63) is 0 Å². The molecule has 0 saturated carbocycles. The number of carbonyl (C=O) groups excluding carboxylic acids is 1. The molecule has 0 atom stereocenters. The zero-order chi connectivity index (χ0) is 9.61. The average molecular weight is 170 g/mol. The first-order chi connectivity index (χ1) is 5.60. The largest absolute Gasteiger partial charge is 0.369 e. The van der Waals surface area contributed by atoms with Crippen LogP contribution in [0.3, 0.4) is 0 Å². The highest BCUT2D eigenvalue weighted by Gasteiger charge is 2.26. The van der Waals surface area contributed by atoms with Crippen molar-refractivity contribution in [1.82, 2.24) is 5.48 Å². The minimum Gasteiger partial charge on any atom is -0.369 e. The summed E-state index contributed by atoms with van der Waals surface area (Å²) in [6.07, 6.45) is 1.21. The van der Waals surface area contributed by atoms with Crippen LogP contribution < -0.4 is 5.48 Å². The quantitative estimate of drug-likeness (QED) is 0.642. The van der Waals surface area contributed by atoms with Crippen LogP contribution in [0.2, 0.25) is 0 Å². The Morgan fingerprint density at radius 3 is 2.33 bits per heavy atom. The predicted octanol–water partition coefficient (Wildman–Crippen LogP) is 1.14. The van der Waals surface area contributed by atoms with Crippen molar-refractivity contribution in [2.45, 2.75) is 39.2 Å². The van der Waals surface area contributed by atoms with Crippen LogP contribution in [-0.2, 0) is 9.63 Å². The maximum atomic E-state index is 10.4. The third kappa shape index (κ3) is 2.89. The molecule has 0 heterocycles. The molecule has 0 rings (SSSR count). The molecule has 4 nitrogen and oxygen atoms in total. The van der Waals surface area contributed by atoms with E-state index in [0.717, 1.165) is 0 Å². The van der Waals surface area contributed by atoms with Gasteiger partial charge in [0.1, 0.15) is 5.54 Å². The normalized spacial score (nSPS) is 10.5. The molecule has 0 aromatic rings. The highest BCUT2D eigenvalue weighted by Crippen LogP contribution is 2.13. The van der Waals surface area contributed by atoms with E-state index in [1.807, 2.05) is 13.8 Å². The van der Waals surface area contributed by atoms with E-state index >= 15 is 0 Å². The molecule has 68 valence electrons. The van der Waals surface area contributed by atoms with Gasteiger partial charge >= 0.3 is 5.97 Å². The first-order valence-electron chi connectivity index (χ1n) is 3.96. The molecule has 0 bridgehead atoms. The van der Waals surface area contributed by atoms with Crippen molar-refractivity contribution in [3.8, 4) is 6.07 Å². The fourth-order valence-electron chi connectivity index (χ4n) is 0.745. The van der Waals surface area contributed by atoms with E-state index in [4.69, 9.17) is 5.26 Å². The number of nitrogens with zero attached hydrogens (tertiary/aromatic N) is 1. The zero-order valence-electron chi connectivity index (χ0n) is 7.68. The Labute approximate surface area is 72.5 Å². The van der Waals surface area contributed by atoms with E-state index in [2.05, 4.69) is 16.4 Å². The Morgan fingerprint density at radius 1 is 1.58 bits per heavy atom. The number of rotatable bonds is 4. The number of hydroxylamine groups is 1. The van der Waals surface area contributed by atoms with Gasteiger partial charge in [0.25, 0.3) is 0 Å². The second-order valence-electron chi connectivity index (χ2n) is 2.60. The molecule has 0 fully saturated rings. The van der Waals surface area contributed by atoms with E-state index < -0.39 is 11.5 Å². The third-order valence-corrected chi connectivity index (χ3v) is 1.81. The Bertz CT molecular complexity index is 192. The molecule has 0 aliphatic rings. The van der Waals surface area contributed by atoms with Crippen molar-refractivity contribution in [2.24, 2.45) is 0 Å². The summed E-state index contributed by atoms with van der Waals surface area (Å²) in [6.45, 7) is 5.02. The lowest BCUT2D eigenvalue weighted by Crippen LogP contribution is -2.43. The molecule has 0 spiro atoms. The molecule has 0 unspecified atom stereocenters. The Morgan fingerprint density at radius 2 is 2.08 bits per heavy atom. The van der Waals surface area contributed by atoms with E-state index in [1.54, 1.807) is 0 Å². The number of hydrogen-bond acceptors (Lipinski definition) is 4. The van der Waals surface area contributed by atoms with E-state index in [-0.39, 0.29) is 0 Å². The minimum absolute atomic E-state index is 0.434. The van der Waals surface area contributed by atoms with Crippen LogP contribution in [0.5, 0.6) is 0 Å². The smallest absolute Gasteiger partial charge is 0.321 e. The van der Waals surface area contributed by atoms with Gasteiger partial charge in [0, 0.05) is 6.92 Å². The van der Waals surface area contributed by atoms with E-state index in [0.29, 0.717) is 12.8 Å². The van der Waals surface area contributed by atoms with Gasteiger partial charge in [-0.25, -0.2) is 0 Å². The standard InChI is InChI=1S/C8H14N2O2/c1-4-8(5-2,6-9)10-12-7(3)11/h10H,4-5H2,1-3H3. The molecule has 0 aliphatic carbocycles. The highest BCUT2D eigenvalue weighted by atomic mass is 16.7. The summed E-state index contributed by atoms with van der Waals surface area (Å²) in [5, 5.41) is 8.79. The minimum atomic E-state index is -0.730. The van der Waals surface area contributed by atoms with E-state index in [9.17, 15) is 4.79 Å². The molecule has 12 heavy (non-hydrogen) atoms. The molecule has 1 N–H and O–H groups in total. The van der Waals surface area contributed by atoms with Crippen molar-refractivity contribution < 1.29 is 9.63 Å². The second-order valence-corrected chi connectivity index (χ2v) is 2.60. The van der Waals surface area contributed by atoms with Crippen LogP contribution in [-0.4, -0.2) is 11.5 Å². The fourth-order valence-corrected chi connectivity index (χ4v) is 0.745. The molecular weight excluding hydrogens is 156 g/mol.